The molecule has 0 fully saturated rings. The molecular weight excluding hydrogens is 306 g/mol. The van der Waals surface area contributed by atoms with Crippen LogP contribution in [0.4, 0.5) is 17.1 Å². The van der Waals surface area contributed by atoms with Crippen LogP contribution in [-0.4, -0.2) is 17.7 Å². The fourth-order valence-corrected chi connectivity index (χ4v) is 2.39. The van der Waals surface area contributed by atoms with Crippen LogP contribution in [-0.2, 0) is 14.4 Å². The number of aryl methyl sites for hydroxylation is 2. The number of hydrogen-bond donors (Lipinski definition) is 2. The number of nitrogens with zero attached hydrogens (tertiary/aromatic N) is 1. The van der Waals surface area contributed by atoms with Crippen molar-refractivity contribution in [1.82, 2.24) is 0 Å². The molecule has 0 atom stereocenters. The third-order valence-corrected chi connectivity index (χ3v) is 3.56. The third kappa shape index (κ3) is 3.60. The highest BCUT2D eigenvalue weighted by Gasteiger charge is 2.27. The minimum atomic E-state index is -0.962. The Balaban J connectivity index is 2.30. The molecule has 0 aromatic heterocycles. The maximum Gasteiger partial charge on any atom is 0.323 e. The smallest absolute Gasteiger partial charge is 0.323 e. The highest BCUT2D eigenvalue weighted by Crippen LogP contribution is 2.21. The summed E-state index contributed by atoms with van der Waals surface area (Å²) >= 11 is 0. The van der Waals surface area contributed by atoms with Crippen LogP contribution in [0.15, 0.2) is 42.5 Å². The SMILES string of the molecule is CC(=O)N(C(=O)C(=O)Nc1c(C)cccc1C)c1cccc(N)c1. The topological polar surface area (TPSA) is 92.5 Å². The van der Waals surface area contributed by atoms with Crippen LogP contribution in [0.5, 0.6) is 0 Å². The van der Waals surface area contributed by atoms with Crippen molar-refractivity contribution in [3.05, 3.63) is 53.6 Å². The highest BCUT2D eigenvalue weighted by atomic mass is 16.2. The van der Waals surface area contributed by atoms with E-state index in [1.54, 1.807) is 18.2 Å². The number of rotatable bonds is 2. The number of carbonyl (C=O) groups excluding carboxylic acids is 3. The molecule has 2 rings (SSSR count). The molecular formula is C18H19N3O3. The first kappa shape index (κ1) is 17.2. The predicted molar refractivity (Wildman–Crippen MR) is 93.6 cm³/mol. The second-order valence-electron chi connectivity index (χ2n) is 5.48. The average molecular weight is 325 g/mol. The van der Waals surface area contributed by atoms with Gasteiger partial charge in [0.25, 0.3) is 0 Å². The lowest BCUT2D eigenvalue weighted by Crippen LogP contribution is -2.42. The number of amides is 3. The molecule has 0 unspecified atom stereocenters. The number of carbonyl (C=O) groups is 3. The van der Waals surface area contributed by atoms with Crippen LogP contribution < -0.4 is 16.0 Å². The van der Waals surface area contributed by atoms with Gasteiger partial charge in [0, 0.05) is 18.3 Å². The molecule has 6 heteroatoms. The van der Waals surface area contributed by atoms with Crippen LogP contribution in [0.3, 0.4) is 0 Å². The lowest BCUT2D eigenvalue weighted by molar-refractivity contribution is -0.136. The zero-order chi connectivity index (χ0) is 17.9. The molecule has 2 aromatic rings. The molecule has 0 spiro atoms. The lowest BCUT2D eigenvalue weighted by atomic mass is 10.1. The van der Waals surface area contributed by atoms with Gasteiger partial charge in [-0.3, -0.25) is 14.4 Å². The maximum absolute atomic E-state index is 12.5. The summed E-state index contributed by atoms with van der Waals surface area (Å²) in [4.78, 5) is 37.5. The van der Waals surface area contributed by atoms with Gasteiger partial charge in [0.05, 0.1) is 5.69 Å². The van der Waals surface area contributed by atoms with E-state index >= 15 is 0 Å². The molecule has 0 radical (unpaired) electrons. The number of anilines is 3. The number of benzene rings is 2. The zero-order valence-electron chi connectivity index (χ0n) is 13.8. The molecule has 0 aliphatic rings. The Bertz CT molecular complexity index is 795. The fourth-order valence-electron chi connectivity index (χ4n) is 2.39. The van der Waals surface area contributed by atoms with Crippen molar-refractivity contribution in [3.63, 3.8) is 0 Å². The number of hydrogen-bond acceptors (Lipinski definition) is 4. The molecule has 124 valence electrons. The molecule has 0 saturated carbocycles. The van der Waals surface area contributed by atoms with Gasteiger partial charge in [-0.15, -0.1) is 0 Å². The zero-order valence-corrected chi connectivity index (χ0v) is 13.8. The summed E-state index contributed by atoms with van der Waals surface area (Å²) in [7, 11) is 0. The van der Waals surface area contributed by atoms with E-state index in [1.807, 2.05) is 32.0 Å². The first-order valence-corrected chi connectivity index (χ1v) is 7.39. The molecule has 24 heavy (non-hydrogen) atoms. The van der Waals surface area contributed by atoms with Crippen molar-refractivity contribution < 1.29 is 14.4 Å². The molecule has 0 bridgehead atoms. The third-order valence-electron chi connectivity index (χ3n) is 3.56. The molecule has 0 saturated heterocycles. The maximum atomic E-state index is 12.5. The summed E-state index contributed by atoms with van der Waals surface area (Å²) < 4.78 is 0. The van der Waals surface area contributed by atoms with Gasteiger partial charge < -0.3 is 11.1 Å². The second kappa shape index (κ2) is 6.95. The number of imide groups is 1. The molecule has 2 aromatic carbocycles. The van der Waals surface area contributed by atoms with Crippen molar-refractivity contribution in [2.45, 2.75) is 20.8 Å². The van der Waals surface area contributed by atoms with Crippen LogP contribution in [0, 0.1) is 13.8 Å². The van der Waals surface area contributed by atoms with Crippen LogP contribution >= 0.6 is 0 Å². The number of para-hydroxylation sites is 1. The Morgan fingerprint density at radius 2 is 1.58 bits per heavy atom. The Labute approximate surface area is 140 Å². The molecule has 3 amide bonds. The van der Waals surface area contributed by atoms with Gasteiger partial charge >= 0.3 is 11.8 Å². The fraction of sp³-hybridized carbons (Fsp3) is 0.167. The first-order valence-electron chi connectivity index (χ1n) is 7.39. The molecule has 3 N–H and O–H groups in total. The van der Waals surface area contributed by atoms with Gasteiger partial charge in [0.1, 0.15) is 0 Å². The van der Waals surface area contributed by atoms with Gasteiger partial charge in [0.2, 0.25) is 5.91 Å². The second-order valence-corrected chi connectivity index (χ2v) is 5.48. The molecule has 0 aliphatic heterocycles. The Morgan fingerprint density at radius 1 is 1.00 bits per heavy atom. The van der Waals surface area contributed by atoms with Crippen LogP contribution in [0.2, 0.25) is 0 Å². The summed E-state index contributed by atoms with van der Waals surface area (Å²) in [6, 6.07) is 11.8. The van der Waals surface area contributed by atoms with Crippen molar-refractivity contribution in [3.8, 4) is 0 Å². The van der Waals surface area contributed by atoms with Gasteiger partial charge in [-0.2, -0.15) is 0 Å². The largest absolute Gasteiger partial charge is 0.399 e. The van der Waals surface area contributed by atoms with Crippen molar-refractivity contribution in [2.75, 3.05) is 16.0 Å². The van der Waals surface area contributed by atoms with Crippen molar-refractivity contribution in [1.29, 1.82) is 0 Å². The normalized spacial score (nSPS) is 10.1. The predicted octanol–water partition coefficient (Wildman–Crippen LogP) is 2.40. The van der Waals surface area contributed by atoms with Crippen LogP contribution in [0.25, 0.3) is 0 Å². The summed E-state index contributed by atoms with van der Waals surface area (Å²) in [5.74, 6) is -2.41. The number of nitrogens with one attached hydrogen (secondary N) is 1. The summed E-state index contributed by atoms with van der Waals surface area (Å²) in [6.45, 7) is 4.87. The van der Waals surface area contributed by atoms with Gasteiger partial charge in [0.15, 0.2) is 0 Å². The number of nitrogens with two attached hydrogens (primary N) is 1. The van der Waals surface area contributed by atoms with E-state index < -0.39 is 17.7 Å². The van der Waals surface area contributed by atoms with E-state index in [-0.39, 0.29) is 5.69 Å². The van der Waals surface area contributed by atoms with E-state index in [0.29, 0.717) is 11.4 Å². The van der Waals surface area contributed by atoms with Gasteiger partial charge in [-0.05, 0) is 43.2 Å². The van der Waals surface area contributed by atoms with E-state index in [4.69, 9.17) is 5.73 Å². The molecule has 0 heterocycles. The van der Waals surface area contributed by atoms with Gasteiger partial charge in [-0.25, -0.2) is 4.90 Å². The Kier molecular flexibility index (Phi) is 4.99. The lowest BCUT2D eigenvalue weighted by Gasteiger charge is -2.19. The van der Waals surface area contributed by atoms with Crippen molar-refractivity contribution in [2.24, 2.45) is 0 Å². The van der Waals surface area contributed by atoms with E-state index in [9.17, 15) is 14.4 Å². The molecule has 6 nitrogen and oxygen atoms in total. The highest BCUT2D eigenvalue weighted by molar-refractivity contribution is 6.48. The molecule has 0 aliphatic carbocycles. The summed E-state index contributed by atoms with van der Waals surface area (Å²) in [5.41, 5.74) is 8.55. The monoisotopic (exact) mass is 325 g/mol. The summed E-state index contributed by atoms with van der Waals surface area (Å²) in [6.07, 6.45) is 0. The minimum absolute atomic E-state index is 0.254. The minimum Gasteiger partial charge on any atom is -0.399 e. The Hall–Kier alpha value is -3.15. The van der Waals surface area contributed by atoms with Gasteiger partial charge in [-0.1, -0.05) is 24.3 Å². The average Bonchev–Trinajstić information content (AvgIpc) is 2.50. The van der Waals surface area contributed by atoms with Crippen molar-refractivity contribution >= 4 is 34.8 Å². The van der Waals surface area contributed by atoms with Crippen LogP contribution in [0.1, 0.15) is 18.1 Å². The first-order chi connectivity index (χ1) is 11.3. The standard InChI is InChI=1S/C18H19N3O3/c1-11-6-4-7-12(2)16(11)20-17(23)18(24)21(13(3)22)15-9-5-8-14(19)10-15/h4-10H,19H2,1-3H3,(H,20,23). The quantitative estimate of drug-likeness (QED) is 0.655. The number of nitrogen functional groups attached to an aromatic ring is 1. The van der Waals surface area contributed by atoms with E-state index in [2.05, 4.69) is 5.32 Å². The summed E-state index contributed by atoms with van der Waals surface area (Å²) in [5, 5.41) is 2.58. The Morgan fingerprint density at radius 3 is 2.12 bits per heavy atom. The van der Waals surface area contributed by atoms with E-state index in [1.165, 1.54) is 13.0 Å². The van der Waals surface area contributed by atoms with E-state index in [0.717, 1.165) is 16.0 Å².